The molecule has 0 aliphatic rings. The quantitative estimate of drug-likeness (QED) is 0.530. The molecule has 2 aromatic rings. The molecule has 0 radical (unpaired) electrons. The highest BCUT2D eigenvalue weighted by atomic mass is 32.2. The van der Waals surface area contributed by atoms with Crippen LogP contribution >= 0.6 is 11.8 Å². The SMILES string of the molecule is COC(=O)c1oc(CSc2cc(C)ccc2N)cc1C. The number of furan rings is 1. The molecule has 5 heteroatoms. The Morgan fingerprint density at radius 2 is 2.10 bits per heavy atom. The molecular formula is C15H17NO3S. The number of carbonyl (C=O) groups is 1. The summed E-state index contributed by atoms with van der Waals surface area (Å²) in [6, 6.07) is 7.76. The van der Waals surface area contributed by atoms with Crippen LogP contribution in [0.4, 0.5) is 5.69 Å². The van der Waals surface area contributed by atoms with E-state index in [1.54, 1.807) is 11.8 Å². The van der Waals surface area contributed by atoms with Gasteiger partial charge in [0.25, 0.3) is 0 Å². The smallest absolute Gasteiger partial charge is 0.374 e. The first-order valence-electron chi connectivity index (χ1n) is 6.18. The van der Waals surface area contributed by atoms with Crippen LogP contribution < -0.4 is 5.73 Å². The number of aryl methyl sites for hydroxylation is 2. The van der Waals surface area contributed by atoms with Gasteiger partial charge in [-0.05, 0) is 37.6 Å². The van der Waals surface area contributed by atoms with Crippen LogP contribution in [0.5, 0.6) is 0 Å². The largest absolute Gasteiger partial charge is 0.463 e. The minimum Gasteiger partial charge on any atom is -0.463 e. The summed E-state index contributed by atoms with van der Waals surface area (Å²) in [7, 11) is 1.34. The number of rotatable bonds is 4. The zero-order chi connectivity index (χ0) is 14.7. The zero-order valence-electron chi connectivity index (χ0n) is 11.7. The number of ether oxygens (including phenoxy) is 1. The zero-order valence-corrected chi connectivity index (χ0v) is 12.5. The minimum absolute atomic E-state index is 0.264. The van der Waals surface area contributed by atoms with Gasteiger partial charge in [0.1, 0.15) is 5.76 Å². The number of anilines is 1. The second kappa shape index (κ2) is 6.05. The lowest BCUT2D eigenvalue weighted by Gasteiger charge is -2.05. The molecule has 2 rings (SSSR count). The number of nitrogen functional groups attached to an aromatic ring is 1. The van der Waals surface area contributed by atoms with E-state index in [2.05, 4.69) is 4.74 Å². The first-order chi connectivity index (χ1) is 9.51. The standard InChI is InChI=1S/C15H17NO3S/c1-9-4-5-12(16)13(6-9)20-8-11-7-10(2)14(19-11)15(17)18-3/h4-7H,8,16H2,1-3H3. The van der Waals surface area contributed by atoms with Crippen LogP contribution in [-0.2, 0) is 10.5 Å². The Bertz CT molecular complexity index is 634. The molecule has 1 aromatic carbocycles. The van der Waals surface area contributed by atoms with Crippen LogP contribution in [0.15, 0.2) is 33.6 Å². The van der Waals surface area contributed by atoms with Crippen LogP contribution in [-0.4, -0.2) is 13.1 Å². The summed E-state index contributed by atoms with van der Waals surface area (Å²) in [5.74, 6) is 1.16. The van der Waals surface area contributed by atoms with E-state index in [4.69, 9.17) is 10.2 Å². The van der Waals surface area contributed by atoms with Gasteiger partial charge < -0.3 is 14.9 Å². The van der Waals surface area contributed by atoms with Crippen molar-refractivity contribution in [3.05, 3.63) is 46.9 Å². The summed E-state index contributed by atoms with van der Waals surface area (Å²) in [6.45, 7) is 3.85. The molecule has 0 atom stereocenters. The first kappa shape index (κ1) is 14.5. The fourth-order valence-electron chi connectivity index (χ4n) is 1.83. The average Bonchev–Trinajstić information content (AvgIpc) is 2.80. The highest BCUT2D eigenvalue weighted by Gasteiger charge is 2.16. The van der Waals surface area contributed by atoms with E-state index in [9.17, 15) is 4.79 Å². The summed E-state index contributed by atoms with van der Waals surface area (Å²) in [5, 5.41) is 0. The number of esters is 1. The molecule has 2 N–H and O–H groups in total. The van der Waals surface area contributed by atoms with Gasteiger partial charge in [0.15, 0.2) is 0 Å². The van der Waals surface area contributed by atoms with Gasteiger partial charge >= 0.3 is 5.97 Å². The Kier molecular flexibility index (Phi) is 4.39. The maximum atomic E-state index is 11.5. The maximum Gasteiger partial charge on any atom is 0.374 e. The molecule has 0 saturated heterocycles. The van der Waals surface area contributed by atoms with Crippen LogP contribution in [0.25, 0.3) is 0 Å². The number of methoxy groups -OCH3 is 1. The minimum atomic E-state index is -0.450. The van der Waals surface area contributed by atoms with E-state index in [0.717, 1.165) is 27.5 Å². The number of hydrogen-bond donors (Lipinski definition) is 1. The molecule has 106 valence electrons. The van der Waals surface area contributed by atoms with E-state index < -0.39 is 5.97 Å². The fraction of sp³-hybridized carbons (Fsp3) is 0.267. The van der Waals surface area contributed by atoms with Crippen molar-refractivity contribution in [3.8, 4) is 0 Å². The molecule has 0 fully saturated rings. The molecule has 0 spiro atoms. The fourth-order valence-corrected chi connectivity index (χ4v) is 2.77. The van der Waals surface area contributed by atoms with Crippen LogP contribution in [0, 0.1) is 13.8 Å². The summed E-state index contributed by atoms with van der Waals surface area (Å²) in [4.78, 5) is 12.5. The number of benzene rings is 1. The van der Waals surface area contributed by atoms with Crippen molar-refractivity contribution >= 4 is 23.4 Å². The van der Waals surface area contributed by atoms with Crippen LogP contribution in [0.3, 0.4) is 0 Å². The molecule has 1 heterocycles. The lowest BCUT2D eigenvalue weighted by atomic mass is 10.2. The lowest BCUT2D eigenvalue weighted by molar-refractivity contribution is 0.0562. The molecule has 0 aliphatic heterocycles. The van der Waals surface area contributed by atoms with Gasteiger partial charge in [-0.2, -0.15) is 0 Å². The number of carbonyl (C=O) groups excluding carboxylic acids is 1. The molecular weight excluding hydrogens is 274 g/mol. The molecule has 4 nitrogen and oxygen atoms in total. The molecule has 0 aliphatic carbocycles. The third kappa shape index (κ3) is 3.17. The Hall–Kier alpha value is -1.88. The summed E-state index contributed by atoms with van der Waals surface area (Å²) >= 11 is 1.58. The Labute approximate surface area is 122 Å². The molecule has 0 unspecified atom stereocenters. The van der Waals surface area contributed by atoms with Gasteiger partial charge in [-0.15, -0.1) is 11.8 Å². The Morgan fingerprint density at radius 3 is 2.80 bits per heavy atom. The van der Waals surface area contributed by atoms with Crippen molar-refractivity contribution in [3.63, 3.8) is 0 Å². The molecule has 1 aromatic heterocycles. The van der Waals surface area contributed by atoms with Gasteiger partial charge in [-0.25, -0.2) is 4.79 Å². The predicted octanol–water partition coefficient (Wildman–Crippen LogP) is 3.56. The maximum absolute atomic E-state index is 11.5. The van der Waals surface area contributed by atoms with Gasteiger partial charge in [0, 0.05) is 16.1 Å². The third-order valence-electron chi connectivity index (χ3n) is 2.88. The second-order valence-corrected chi connectivity index (χ2v) is 5.56. The van der Waals surface area contributed by atoms with Crippen molar-refractivity contribution in [2.24, 2.45) is 0 Å². The van der Waals surface area contributed by atoms with Gasteiger partial charge in [-0.1, -0.05) is 6.07 Å². The van der Waals surface area contributed by atoms with E-state index in [1.165, 1.54) is 7.11 Å². The van der Waals surface area contributed by atoms with Crippen LogP contribution in [0.1, 0.15) is 27.4 Å². The number of hydrogen-bond acceptors (Lipinski definition) is 5. The van der Waals surface area contributed by atoms with Crippen molar-refractivity contribution in [2.75, 3.05) is 12.8 Å². The molecule has 0 amide bonds. The Morgan fingerprint density at radius 1 is 1.35 bits per heavy atom. The van der Waals surface area contributed by atoms with Gasteiger partial charge in [0.05, 0.1) is 12.9 Å². The number of nitrogens with two attached hydrogens (primary N) is 1. The van der Waals surface area contributed by atoms with Crippen molar-refractivity contribution in [1.82, 2.24) is 0 Å². The van der Waals surface area contributed by atoms with E-state index in [0.29, 0.717) is 5.75 Å². The predicted molar refractivity (Wildman–Crippen MR) is 79.9 cm³/mol. The molecule has 0 saturated carbocycles. The van der Waals surface area contributed by atoms with E-state index in [1.807, 2.05) is 38.1 Å². The number of thioether (sulfide) groups is 1. The van der Waals surface area contributed by atoms with Gasteiger partial charge in [-0.3, -0.25) is 0 Å². The van der Waals surface area contributed by atoms with E-state index in [-0.39, 0.29) is 5.76 Å². The molecule has 0 bridgehead atoms. The molecule has 20 heavy (non-hydrogen) atoms. The summed E-state index contributed by atoms with van der Waals surface area (Å²) in [5.41, 5.74) is 8.62. The van der Waals surface area contributed by atoms with E-state index >= 15 is 0 Å². The van der Waals surface area contributed by atoms with Crippen LogP contribution in [0.2, 0.25) is 0 Å². The average molecular weight is 291 g/mol. The van der Waals surface area contributed by atoms with Gasteiger partial charge in [0.2, 0.25) is 5.76 Å². The normalized spacial score (nSPS) is 10.6. The first-order valence-corrected chi connectivity index (χ1v) is 7.16. The Balaban J connectivity index is 2.11. The lowest BCUT2D eigenvalue weighted by Crippen LogP contribution is -2.00. The monoisotopic (exact) mass is 291 g/mol. The van der Waals surface area contributed by atoms with Crippen molar-refractivity contribution in [2.45, 2.75) is 24.5 Å². The second-order valence-electron chi connectivity index (χ2n) is 4.55. The summed E-state index contributed by atoms with van der Waals surface area (Å²) in [6.07, 6.45) is 0. The van der Waals surface area contributed by atoms with Crippen molar-refractivity contribution < 1.29 is 13.9 Å². The topological polar surface area (TPSA) is 65.5 Å². The highest BCUT2D eigenvalue weighted by Crippen LogP contribution is 2.30. The third-order valence-corrected chi connectivity index (χ3v) is 3.97. The summed E-state index contributed by atoms with van der Waals surface area (Å²) < 4.78 is 10.2. The highest BCUT2D eigenvalue weighted by molar-refractivity contribution is 7.98. The van der Waals surface area contributed by atoms with Crippen molar-refractivity contribution in [1.29, 1.82) is 0 Å².